The molecular formula is C12H14FNO3. The number of ketones is 1. The van der Waals surface area contributed by atoms with Crippen LogP contribution in [0.3, 0.4) is 0 Å². The number of hydrogen-bond donors (Lipinski definition) is 1. The molecule has 92 valence electrons. The highest BCUT2D eigenvalue weighted by molar-refractivity contribution is 5.79. The lowest BCUT2D eigenvalue weighted by atomic mass is 9.86. The fourth-order valence-electron chi connectivity index (χ4n) is 2.10. The molecule has 1 heterocycles. The number of pyridine rings is 1. The van der Waals surface area contributed by atoms with Gasteiger partial charge in [0.05, 0.1) is 12.8 Å². The number of halogens is 1. The van der Waals surface area contributed by atoms with Crippen LogP contribution in [0.1, 0.15) is 37.3 Å². The van der Waals surface area contributed by atoms with E-state index in [0.29, 0.717) is 31.4 Å². The van der Waals surface area contributed by atoms with Crippen LogP contribution in [0.5, 0.6) is 11.6 Å². The Morgan fingerprint density at radius 1 is 1.47 bits per heavy atom. The van der Waals surface area contributed by atoms with Gasteiger partial charge in [0.1, 0.15) is 5.78 Å². The van der Waals surface area contributed by atoms with Crippen molar-refractivity contribution >= 4 is 5.78 Å². The summed E-state index contributed by atoms with van der Waals surface area (Å²) in [4.78, 5) is 14.9. The molecule has 1 fully saturated rings. The third-order valence-corrected chi connectivity index (χ3v) is 3.11. The highest BCUT2D eigenvalue weighted by atomic mass is 19.1. The van der Waals surface area contributed by atoms with E-state index >= 15 is 0 Å². The molecule has 0 aliphatic heterocycles. The first-order chi connectivity index (χ1) is 8.11. The molecule has 0 bridgehead atoms. The number of rotatable bonds is 2. The van der Waals surface area contributed by atoms with E-state index in [2.05, 4.69) is 4.98 Å². The van der Waals surface area contributed by atoms with Crippen LogP contribution in [0, 0.1) is 5.82 Å². The lowest BCUT2D eigenvalue weighted by molar-refractivity contribution is -0.120. The van der Waals surface area contributed by atoms with Gasteiger partial charge in [-0.2, -0.15) is 4.39 Å². The van der Waals surface area contributed by atoms with Gasteiger partial charge in [0, 0.05) is 24.8 Å². The maximum atomic E-state index is 13.3. The molecule has 1 aromatic heterocycles. The molecule has 1 N–H and O–H groups in total. The second-order valence-corrected chi connectivity index (χ2v) is 4.20. The second kappa shape index (κ2) is 4.69. The number of carbonyl (C=O) groups excluding carboxylic acids is 1. The molecule has 1 aromatic rings. The molecule has 1 saturated carbocycles. The Bertz CT molecular complexity index is 438. The summed E-state index contributed by atoms with van der Waals surface area (Å²) in [6, 6.07) is 1.50. The van der Waals surface area contributed by atoms with Crippen molar-refractivity contribution in [1.82, 2.24) is 4.98 Å². The van der Waals surface area contributed by atoms with E-state index in [-0.39, 0.29) is 17.5 Å². The fourth-order valence-corrected chi connectivity index (χ4v) is 2.10. The minimum Gasteiger partial charge on any atom is -0.493 e. The number of Topliss-reactive ketones (excluding diaryl/α,β-unsaturated/α-hetero) is 1. The van der Waals surface area contributed by atoms with Gasteiger partial charge >= 0.3 is 0 Å². The molecule has 17 heavy (non-hydrogen) atoms. The smallest absolute Gasteiger partial charge is 0.252 e. The molecule has 0 amide bonds. The quantitative estimate of drug-likeness (QED) is 0.859. The summed E-state index contributed by atoms with van der Waals surface area (Å²) in [5, 5.41) is 9.36. The zero-order valence-corrected chi connectivity index (χ0v) is 9.57. The van der Waals surface area contributed by atoms with Gasteiger partial charge in [0.15, 0.2) is 5.75 Å². The van der Waals surface area contributed by atoms with Crippen molar-refractivity contribution in [2.24, 2.45) is 0 Å². The first-order valence-corrected chi connectivity index (χ1v) is 5.57. The number of methoxy groups -OCH3 is 1. The molecule has 1 aliphatic rings. The predicted molar refractivity (Wildman–Crippen MR) is 58.6 cm³/mol. The van der Waals surface area contributed by atoms with Crippen molar-refractivity contribution in [1.29, 1.82) is 0 Å². The van der Waals surface area contributed by atoms with Crippen molar-refractivity contribution in [2.45, 2.75) is 31.6 Å². The lowest BCUT2D eigenvalue weighted by Crippen LogP contribution is -2.13. The molecule has 4 nitrogen and oxygen atoms in total. The maximum Gasteiger partial charge on any atom is 0.252 e. The van der Waals surface area contributed by atoms with Crippen LogP contribution in [0.2, 0.25) is 0 Å². The van der Waals surface area contributed by atoms with Crippen molar-refractivity contribution in [3.63, 3.8) is 0 Å². The van der Waals surface area contributed by atoms with E-state index < -0.39 is 11.7 Å². The zero-order chi connectivity index (χ0) is 12.4. The second-order valence-electron chi connectivity index (χ2n) is 4.20. The van der Waals surface area contributed by atoms with E-state index in [1.54, 1.807) is 0 Å². The van der Waals surface area contributed by atoms with Crippen LogP contribution in [-0.4, -0.2) is 23.0 Å². The molecule has 0 atom stereocenters. The Kier molecular flexibility index (Phi) is 3.26. The Morgan fingerprint density at radius 3 is 2.71 bits per heavy atom. The summed E-state index contributed by atoms with van der Waals surface area (Å²) < 4.78 is 18.2. The van der Waals surface area contributed by atoms with Gasteiger partial charge in [0.25, 0.3) is 5.88 Å². The summed E-state index contributed by atoms with van der Waals surface area (Å²) in [6.45, 7) is 0. The van der Waals surface area contributed by atoms with Crippen LogP contribution < -0.4 is 4.74 Å². The van der Waals surface area contributed by atoms with E-state index in [0.717, 1.165) is 0 Å². The predicted octanol–water partition coefficient (Wildman–Crippen LogP) is 2.16. The van der Waals surface area contributed by atoms with Crippen LogP contribution in [-0.2, 0) is 4.79 Å². The molecule has 0 spiro atoms. The average molecular weight is 239 g/mol. The van der Waals surface area contributed by atoms with Gasteiger partial charge in [-0.25, -0.2) is 4.98 Å². The zero-order valence-electron chi connectivity index (χ0n) is 9.57. The summed E-state index contributed by atoms with van der Waals surface area (Å²) in [5.41, 5.74) is 0.591. The van der Waals surface area contributed by atoms with Crippen molar-refractivity contribution in [3.05, 3.63) is 17.6 Å². The number of carbonyl (C=O) groups is 1. The van der Waals surface area contributed by atoms with Crippen LogP contribution in [0.15, 0.2) is 6.07 Å². The molecule has 2 rings (SSSR count). The van der Waals surface area contributed by atoms with Crippen molar-refractivity contribution in [3.8, 4) is 11.6 Å². The summed E-state index contributed by atoms with van der Waals surface area (Å²) in [7, 11) is 1.34. The first kappa shape index (κ1) is 11.8. The monoisotopic (exact) mass is 239 g/mol. The average Bonchev–Trinajstić information content (AvgIpc) is 2.33. The Labute approximate surface area is 98.4 Å². The molecule has 1 aliphatic carbocycles. The van der Waals surface area contributed by atoms with Gasteiger partial charge in [0.2, 0.25) is 5.82 Å². The van der Waals surface area contributed by atoms with Gasteiger partial charge < -0.3 is 9.84 Å². The molecular weight excluding hydrogens is 225 g/mol. The highest BCUT2D eigenvalue weighted by Crippen LogP contribution is 2.34. The van der Waals surface area contributed by atoms with Crippen molar-refractivity contribution < 1.29 is 19.0 Å². The summed E-state index contributed by atoms with van der Waals surface area (Å²) >= 11 is 0. The largest absolute Gasteiger partial charge is 0.493 e. The Morgan fingerprint density at radius 2 is 2.12 bits per heavy atom. The fraction of sp³-hybridized carbons (Fsp3) is 0.500. The summed E-state index contributed by atoms with van der Waals surface area (Å²) in [5.74, 6) is -1.16. The van der Waals surface area contributed by atoms with Crippen LogP contribution in [0.25, 0.3) is 0 Å². The number of hydrogen-bond acceptors (Lipinski definition) is 4. The number of aromatic nitrogens is 1. The third kappa shape index (κ3) is 2.38. The van der Waals surface area contributed by atoms with E-state index in [1.807, 2.05) is 0 Å². The minimum absolute atomic E-state index is 0.00981. The van der Waals surface area contributed by atoms with E-state index in [1.165, 1.54) is 13.2 Å². The topological polar surface area (TPSA) is 59.4 Å². The van der Waals surface area contributed by atoms with Crippen molar-refractivity contribution in [2.75, 3.05) is 7.11 Å². The van der Waals surface area contributed by atoms with E-state index in [9.17, 15) is 14.3 Å². The lowest BCUT2D eigenvalue weighted by Gasteiger charge is -2.20. The van der Waals surface area contributed by atoms with Gasteiger partial charge in [-0.3, -0.25) is 4.79 Å². The highest BCUT2D eigenvalue weighted by Gasteiger charge is 2.23. The normalized spacial score (nSPS) is 17.2. The molecule has 0 unspecified atom stereocenters. The molecule has 5 heteroatoms. The molecule has 0 aromatic carbocycles. The van der Waals surface area contributed by atoms with Crippen LogP contribution in [0.4, 0.5) is 4.39 Å². The van der Waals surface area contributed by atoms with Gasteiger partial charge in [-0.15, -0.1) is 0 Å². The minimum atomic E-state index is -0.844. The van der Waals surface area contributed by atoms with E-state index in [4.69, 9.17) is 4.74 Å². The third-order valence-electron chi connectivity index (χ3n) is 3.11. The number of aromatic hydroxyl groups is 1. The number of ether oxygens (including phenoxy) is 1. The Balaban J connectivity index is 2.26. The van der Waals surface area contributed by atoms with Crippen LogP contribution >= 0.6 is 0 Å². The SMILES string of the molecule is COc1cc(C2CCC(=O)CC2)nc(O)c1F. The molecule has 0 radical (unpaired) electrons. The first-order valence-electron chi connectivity index (χ1n) is 5.57. The number of nitrogens with zero attached hydrogens (tertiary/aromatic N) is 1. The maximum absolute atomic E-state index is 13.3. The van der Waals surface area contributed by atoms with Gasteiger partial charge in [-0.05, 0) is 12.8 Å². The Hall–Kier alpha value is -1.65. The molecule has 0 saturated heterocycles. The summed E-state index contributed by atoms with van der Waals surface area (Å²) in [6.07, 6.45) is 2.43. The van der Waals surface area contributed by atoms with Gasteiger partial charge in [-0.1, -0.05) is 0 Å². The standard InChI is InChI=1S/C12H14FNO3/c1-17-10-6-9(14-12(16)11(10)13)7-2-4-8(15)5-3-7/h6-7H,2-5H2,1H3,(H,14,16).